The van der Waals surface area contributed by atoms with Crippen LogP contribution in [0.25, 0.3) is 11.3 Å². The standard InChI is InChI=1S/C13H9Cl2NO4/c14-8-3-7(4-9(15)5-8)10-6-20-13(16-10)11(17)1-2-12(18)19/h3-6H,1-2H2,(H,18,19). The summed E-state index contributed by atoms with van der Waals surface area (Å²) >= 11 is 11.8. The molecule has 0 aliphatic heterocycles. The fourth-order valence-corrected chi connectivity index (χ4v) is 2.09. The lowest BCUT2D eigenvalue weighted by Crippen LogP contribution is -2.04. The highest BCUT2D eigenvalue weighted by Crippen LogP contribution is 2.26. The molecular formula is C13H9Cl2NO4. The lowest BCUT2D eigenvalue weighted by Gasteiger charge is -1.98. The molecule has 0 saturated heterocycles. The number of rotatable bonds is 5. The van der Waals surface area contributed by atoms with Gasteiger partial charge in [-0.3, -0.25) is 9.59 Å². The van der Waals surface area contributed by atoms with Gasteiger partial charge in [0.05, 0.1) is 6.42 Å². The second kappa shape index (κ2) is 6.07. The van der Waals surface area contributed by atoms with Crippen molar-refractivity contribution < 1.29 is 19.1 Å². The van der Waals surface area contributed by atoms with E-state index in [1.54, 1.807) is 18.2 Å². The van der Waals surface area contributed by atoms with Gasteiger partial charge in [-0.05, 0) is 18.2 Å². The van der Waals surface area contributed by atoms with Crippen LogP contribution in [0.3, 0.4) is 0 Å². The summed E-state index contributed by atoms with van der Waals surface area (Å²) in [5.74, 6) is -1.64. The van der Waals surface area contributed by atoms with E-state index in [-0.39, 0.29) is 18.7 Å². The first-order chi connectivity index (χ1) is 9.45. The Bertz CT molecular complexity index is 646. The molecule has 0 unspecified atom stereocenters. The number of ketones is 1. The molecule has 0 fully saturated rings. The lowest BCUT2D eigenvalue weighted by atomic mass is 10.2. The van der Waals surface area contributed by atoms with E-state index in [9.17, 15) is 9.59 Å². The minimum absolute atomic E-state index is 0.127. The summed E-state index contributed by atoms with van der Waals surface area (Å²) in [6.45, 7) is 0. The Labute approximate surface area is 124 Å². The molecule has 0 aliphatic rings. The maximum atomic E-state index is 11.7. The number of carbonyl (C=O) groups excluding carboxylic acids is 1. The van der Waals surface area contributed by atoms with E-state index >= 15 is 0 Å². The quantitative estimate of drug-likeness (QED) is 0.851. The van der Waals surface area contributed by atoms with Crippen LogP contribution in [-0.2, 0) is 4.79 Å². The third-order valence-corrected chi connectivity index (χ3v) is 2.90. The number of halogens is 2. The molecule has 0 saturated carbocycles. The first kappa shape index (κ1) is 14.6. The number of oxazole rings is 1. The largest absolute Gasteiger partial charge is 0.481 e. The molecule has 1 aromatic carbocycles. The molecule has 7 heteroatoms. The van der Waals surface area contributed by atoms with Crippen molar-refractivity contribution in [2.24, 2.45) is 0 Å². The number of carboxylic acids is 1. The average molecular weight is 314 g/mol. The molecule has 0 bridgehead atoms. The van der Waals surface area contributed by atoms with Crippen LogP contribution in [0.2, 0.25) is 10.0 Å². The maximum absolute atomic E-state index is 11.7. The second-order valence-electron chi connectivity index (χ2n) is 4.01. The number of Topliss-reactive ketones (excluding diaryl/α,β-unsaturated/α-hetero) is 1. The van der Waals surface area contributed by atoms with E-state index in [1.165, 1.54) is 6.26 Å². The minimum Gasteiger partial charge on any atom is -0.481 e. The molecule has 5 nitrogen and oxygen atoms in total. The number of aromatic nitrogens is 1. The van der Waals surface area contributed by atoms with Gasteiger partial charge in [0.2, 0.25) is 5.78 Å². The Hall–Kier alpha value is -1.85. The van der Waals surface area contributed by atoms with Crippen LogP contribution < -0.4 is 0 Å². The summed E-state index contributed by atoms with van der Waals surface area (Å²) in [6.07, 6.45) is 0.876. The Balaban J connectivity index is 2.20. The van der Waals surface area contributed by atoms with Crippen LogP contribution in [0.5, 0.6) is 0 Å². The highest BCUT2D eigenvalue weighted by Gasteiger charge is 2.16. The molecule has 0 atom stereocenters. The van der Waals surface area contributed by atoms with Crippen molar-refractivity contribution in [2.75, 3.05) is 0 Å². The number of hydrogen-bond donors (Lipinski definition) is 1. The molecule has 1 heterocycles. The number of nitrogens with zero attached hydrogens (tertiary/aromatic N) is 1. The Morgan fingerprint density at radius 2 is 1.80 bits per heavy atom. The van der Waals surface area contributed by atoms with Gasteiger partial charge in [0.1, 0.15) is 12.0 Å². The Morgan fingerprint density at radius 3 is 2.40 bits per heavy atom. The molecule has 2 aromatic rings. The molecule has 0 amide bonds. The molecule has 20 heavy (non-hydrogen) atoms. The van der Waals surface area contributed by atoms with Crippen LogP contribution in [0.15, 0.2) is 28.9 Å². The third kappa shape index (κ3) is 3.59. The number of carbonyl (C=O) groups is 2. The van der Waals surface area contributed by atoms with E-state index in [0.29, 0.717) is 21.3 Å². The summed E-state index contributed by atoms with van der Waals surface area (Å²) in [4.78, 5) is 26.1. The monoisotopic (exact) mass is 313 g/mol. The highest BCUT2D eigenvalue weighted by atomic mass is 35.5. The molecular weight excluding hydrogens is 305 g/mol. The van der Waals surface area contributed by atoms with Crippen molar-refractivity contribution in [3.05, 3.63) is 40.4 Å². The molecule has 1 N–H and O–H groups in total. The summed E-state index contributed by atoms with van der Waals surface area (Å²) < 4.78 is 5.05. The topological polar surface area (TPSA) is 80.4 Å². The molecule has 0 spiro atoms. The number of aliphatic carboxylic acids is 1. The number of hydrogen-bond acceptors (Lipinski definition) is 4. The predicted molar refractivity (Wildman–Crippen MR) is 73.2 cm³/mol. The van der Waals surface area contributed by atoms with Crippen molar-refractivity contribution in [1.29, 1.82) is 0 Å². The van der Waals surface area contributed by atoms with Gasteiger partial charge < -0.3 is 9.52 Å². The molecule has 104 valence electrons. The zero-order chi connectivity index (χ0) is 14.7. The van der Waals surface area contributed by atoms with E-state index in [0.717, 1.165) is 0 Å². The predicted octanol–water partition coefficient (Wildman–Crippen LogP) is 3.70. The van der Waals surface area contributed by atoms with Crippen LogP contribution in [-0.4, -0.2) is 21.8 Å². The van der Waals surface area contributed by atoms with Gasteiger partial charge in [-0.2, -0.15) is 0 Å². The fourth-order valence-electron chi connectivity index (χ4n) is 1.56. The van der Waals surface area contributed by atoms with Crippen LogP contribution in [0.4, 0.5) is 0 Å². The lowest BCUT2D eigenvalue weighted by molar-refractivity contribution is -0.136. The van der Waals surface area contributed by atoms with Crippen molar-refractivity contribution in [2.45, 2.75) is 12.8 Å². The van der Waals surface area contributed by atoms with E-state index in [2.05, 4.69) is 4.98 Å². The smallest absolute Gasteiger partial charge is 0.303 e. The number of carboxylic acid groups (broad SMARTS) is 1. The van der Waals surface area contributed by atoms with Crippen LogP contribution >= 0.6 is 23.2 Å². The van der Waals surface area contributed by atoms with E-state index in [4.69, 9.17) is 32.7 Å². The summed E-state index contributed by atoms with van der Waals surface area (Å²) in [5.41, 5.74) is 1.02. The summed E-state index contributed by atoms with van der Waals surface area (Å²) in [6, 6.07) is 4.85. The molecule has 0 radical (unpaired) electrons. The van der Waals surface area contributed by atoms with Gasteiger partial charge in [-0.1, -0.05) is 23.2 Å². The second-order valence-corrected chi connectivity index (χ2v) is 4.89. The van der Waals surface area contributed by atoms with Crippen molar-refractivity contribution in [3.63, 3.8) is 0 Å². The molecule has 1 aromatic heterocycles. The van der Waals surface area contributed by atoms with Crippen LogP contribution in [0, 0.1) is 0 Å². The summed E-state index contributed by atoms with van der Waals surface area (Å²) in [7, 11) is 0. The van der Waals surface area contributed by atoms with E-state index in [1.807, 2.05) is 0 Å². The van der Waals surface area contributed by atoms with Crippen molar-refractivity contribution in [3.8, 4) is 11.3 Å². The van der Waals surface area contributed by atoms with Gasteiger partial charge in [0.15, 0.2) is 0 Å². The summed E-state index contributed by atoms with van der Waals surface area (Å²) in [5, 5.41) is 9.40. The van der Waals surface area contributed by atoms with Gasteiger partial charge >= 0.3 is 5.97 Å². The SMILES string of the molecule is O=C(O)CCC(=O)c1nc(-c2cc(Cl)cc(Cl)c2)co1. The van der Waals surface area contributed by atoms with Gasteiger partial charge in [0, 0.05) is 22.0 Å². The highest BCUT2D eigenvalue weighted by molar-refractivity contribution is 6.35. The zero-order valence-electron chi connectivity index (χ0n) is 10.1. The van der Waals surface area contributed by atoms with Gasteiger partial charge in [-0.25, -0.2) is 4.98 Å². The maximum Gasteiger partial charge on any atom is 0.303 e. The third-order valence-electron chi connectivity index (χ3n) is 2.47. The minimum atomic E-state index is -1.05. The molecule has 2 rings (SSSR count). The first-order valence-electron chi connectivity index (χ1n) is 5.62. The number of benzene rings is 1. The zero-order valence-corrected chi connectivity index (χ0v) is 11.6. The van der Waals surface area contributed by atoms with E-state index < -0.39 is 11.8 Å². The van der Waals surface area contributed by atoms with Crippen molar-refractivity contribution >= 4 is 35.0 Å². The van der Waals surface area contributed by atoms with Gasteiger partial charge in [0.25, 0.3) is 5.89 Å². The molecule has 0 aliphatic carbocycles. The fraction of sp³-hybridized carbons (Fsp3) is 0.154. The Kier molecular flexibility index (Phi) is 4.42. The van der Waals surface area contributed by atoms with Gasteiger partial charge in [-0.15, -0.1) is 0 Å². The first-order valence-corrected chi connectivity index (χ1v) is 6.38. The normalized spacial score (nSPS) is 10.5. The average Bonchev–Trinajstić information content (AvgIpc) is 2.84. The van der Waals surface area contributed by atoms with Crippen molar-refractivity contribution in [1.82, 2.24) is 4.98 Å². The Morgan fingerprint density at radius 1 is 1.15 bits per heavy atom. The van der Waals surface area contributed by atoms with Crippen LogP contribution in [0.1, 0.15) is 23.5 Å².